The molecule has 4 amide bonds. The van der Waals surface area contributed by atoms with Crippen molar-refractivity contribution in [3.05, 3.63) is 177 Å². The molecule has 0 bridgehead atoms. The molecule has 6 aromatic carbocycles. The Labute approximate surface area is 624 Å². The lowest BCUT2D eigenvalue weighted by molar-refractivity contribution is -0.384. The summed E-state index contributed by atoms with van der Waals surface area (Å²) in [6.07, 6.45) is 2.67. The number of aliphatic imine (C=N–C) groups is 2. The van der Waals surface area contributed by atoms with Gasteiger partial charge >= 0.3 is 6.09 Å². The number of pyridine rings is 1. The number of benzene rings is 6. The first-order chi connectivity index (χ1) is 50.5. The van der Waals surface area contributed by atoms with Gasteiger partial charge < -0.3 is 56.0 Å². The number of alkyl carbamates (subject to hydrolysis) is 1. The van der Waals surface area contributed by atoms with Gasteiger partial charge in [-0.2, -0.15) is 0 Å². The Morgan fingerprint density at radius 3 is 1.76 bits per heavy atom. The van der Waals surface area contributed by atoms with E-state index in [2.05, 4.69) is 35.4 Å². The van der Waals surface area contributed by atoms with Gasteiger partial charge in [-0.15, -0.1) is 0 Å². The summed E-state index contributed by atoms with van der Waals surface area (Å²) in [5, 5.41) is 19.3. The van der Waals surface area contributed by atoms with Gasteiger partial charge in [0.2, 0.25) is 29.2 Å². The minimum Gasteiger partial charge on any atom is -0.487 e. The zero-order valence-corrected chi connectivity index (χ0v) is 63.5. The molecule has 0 spiro atoms. The van der Waals surface area contributed by atoms with Crippen molar-refractivity contribution >= 4 is 95.3 Å². The van der Waals surface area contributed by atoms with Crippen LogP contribution in [-0.4, -0.2) is 136 Å². The minimum absolute atomic E-state index is 0.00233. The fourth-order valence-electron chi connectivity index (χ4n) is 15.0. The fraction of sp³-hybridized carbons (Fsp3) is 0.408. The molecule has 4 heterocycles. The van der Waals surface area contributed by atoms with E-state index in [0.29, 0.717) is 76.1 Å². The number of piperazine rings is 1. The molecule has 1 saturated carbocycles. The summed E-state index contributed by atoms with van der Waals surface area (Å²) in [7, 11) is -8.61. The van der Waals surface area contributed by atoms with E-state index >= 15 is 14.0 Å². The number of nitrogens with one attached hydrogen (secondary N) is 5. The number of amides is 4. The molecule has 566 valence electrons. The van der Waals surface area contributed by atoms with Crippen LogP contribution >= 0.6 is 11.6 Å². The number of ether oxygens (including phenoxy) is 3. The summed E-state index contributed by atoms with van der Waals surface area (Å²) >= 11 is 6.28. The van der Waals surface area contributed by atoms with Crippen LogP contribution in [0, 0.1) is 57.5 Å². The van der Waals surface area contributed by atoms with E-state index in [1.54, 1.807) is 51.0 Å². The Kier molecular flexibility index (Phi) is 21.2. The van der Waals surface area contributed by atoms with Gasteiger partial charge in [-0.3, -0.25) is 39.3 Å². The number of hydrogen-bond donors (Lipinski definition) is 7. The number of nitro groups is 1. The number of carbonyl (C=O) groups excluding carboxylic acids is 4. The fourth-order valence-corrected chi connectivity index (χ4v) is 18.3. The molecule has 12 rings (SSSR count). The molecule has 1 saturated heterocycles. The summed E-state index contributed by atoms with van der Waals surface area (Å²) < 4.78 is 98.3. The Morgan fingerprint density at radius 2 is 1.24 bits per heavy atom. The third-order valence-corrected chi connectivity index (χ3v) is 24.2. The second kappa shape index (κ2) is 29.8. The number of nitrogens with two attached hydrogens (primary N) is 2. The molecule has 1 aromatic heterocycles. The highest BCUT2D eigenvalue weighted by Crippen LogP contribution is 2.47. The van der Waals surface area contributed by atoms with Gasteiger partial charge in [-0.05, 0) is 182 Å². The number of fused-ring (bicyclic) bond motifs is 6. The first-order valence-corrected chi connectivity index (χ1v) is 38.8. The zero-order valence-electron chi connectivity index (χ0n) is 61.1. The molecule has 107 heavy (non-hydrogen) atoms. The van der Waals surface area contributed by atoms with E-state index < -0.39 is 95.2 Å². The standard InChI is InChI=1S/C76H87ClFN13O14S2/c1-40-42(3)67(44(5)53-36-75(7,8)104-65(40)53)106(99,100)86-72(79)81-27-15-21-60(85-74(96)103-39-56-50-19-13-11-17-48(50)49-18-12-14-20-51(49)56)70(94)84-61(22-16-28-82-73(80)87-107(101,102)68-43(4)41(2)66-54(45(68)6)37-76(9,10)105-66)71(95)89-31-29-88(30-32-89)63-35-62-52(34-58(63)78)64(92)55(38-90(62)46-23-24-46)69(93)83-59-26-25-47(91(97)98)33-57(59)77/h11-14,17-20,25-26,33-35,38,46,56,60-61H,15-16,21-24,27-32,36-37,39H2,1-10H3,(H,83,93)(H,84,94)(H,85,96)(H3,79,81,86)(H3,80,82,87)/t60-,61-/m0/s1. The van der Waals surface area contributed by atoms with Gasteiger partial charge in [0.25, 0.3) is 31.6 Å². The largest absolute Gasteiger partial charge is 0.487 e. The van der Waals surface area contributed by atoms with Gasteiger partial charge in [0.1, 0.15) is 52.8 Å². The van der Waals surface area contributed by atoms with Crippen LogP contribution in [0.25, 0.3) is 22.0 Å². The van der Waals surface area contributed by atoms with Crippen molar-refractivity contribution in [3.63, 3.8) is 0 Å². The highest BCUT2D eigenvalue weighted by atomic mass is 35.5. The number of carbonyl (C=O) groups is 4. The first kappa shape index (κ1) is 76.3. The van der Waals surface area contributed by atoms with Crippen LogP contribution in [0.15, 0.2) is 110 Å². The highest BCUT2D eigenvalue weighted by molar-refractivity contribution is 7.90. The topological polar surface area (TPSA) is 373 Å². The van der Waals surface area contributed by atoms with Crippen molar-refractivity contribution in [2.24, 2.45) is 21.5 Å². The van der Waals surface area contributed by atoms with E-state index in [9.17, 15) is 41.3 Å². The number of hydrogen-bond acceptors (Lipinski definition) is 17. The molecule has 0 unspecified atom stereocenters. The molecule has 3 aliphatic heterocycles. The van der Waals surface area contributed by atoms with E-state index in [1.165, 1.54) is 23.2 Å². The molecule has 7 aromatic rings. The van der Waals surface area contributed by atoms with Crippen LogP contribution in [0.2, 0.25) is 5.02 Å². The molecular weight excluding hydrogens is 1440 g/mol. The van der Waals surface area contributed by atoms with Crippen molar-refractivity contribution in [2.45, 2.75) is 166 Å². The summed E-state index contributed by atoms with van der Waals surface area (Å²) in [4.78, 5) is 95.0. The van der Waals surface area contributed by atoms with Gasteiger partial charge in [-0.25, -0.2) is 35.5 Å². The monoisotopic (exact) mass is 1520 g/mol. The van der Waals surface area contributed by atoms with Crippen LogP contribution in [0.1, 0.15) is 144 Å². The molecule has 2 aliphatic carbocycles. The maximum atomic E-state index is 16.7. The average Bonchev–Trinajstić information content (AvgIpc) is 1.72. The van der Waals surface area contributed by atoms with Gasteiger partial charge in [0.15, 0.2) is 0 Å². The van der Waals surface area contributed by atoms with Crippen LogP contribution in [0.3, 0.4) is 0 Å². The van der Waals surface area contributed by atoms with Crippen molar-refractivity contribution in [1.29, 1.82) is 0 Å². The van der Waals surface area contributed by atoms with Crippen LogP contribution in [0.4, 0.5) is 26.2 Å². The second-order valence-electron chi connectivity index (χ2n) is 29.2. The lowest BCUT2D eigenvalue weighted by Gasteiger charge is -2.38. The third-order valence-electron chi connectivity index (χ3n) is 20.7. The number of non-ortho nitro benzene ring substituents is 1. The highest BCUT2D eigenvalue weighted by Gasteiger charge is 2.41. The Bertz CT molecular complexity index is 5160. The van der Waals surface area contributed by atoms with E-state index in [-0.39, 0.29) is 126 Å². The number of anilines is 2. The summed E-state index contributed by atoms with van der Waals surface area (Å²) in [5.74, 6) is -2.94. The lowest BCUT2D eigenvalue weighted by atomic mass is 9.94. The Morgan fingerprint density at radius 1 is 0.720 bits per heavy atom. The number of guanidine groups is 2. The van der Waals surface area contributed by atoms with Crippen molar-refractivity contribution in [1.82, 2.24) is 29.5 Å². The molecule has 5 aliphatic rings. The number of halogens is 2. The van der Waals surface area contributed by atoms with Gasteiger partial charge in [-0.1, -0.05) is 60.1 Å². The smallest absolute Gasteiger partial charge is 0.407 e. The summed E-state index contributed by atoms with van der Waals surface area (Å²) in [6.45, 7) is 17.9. The van der Waals surface area contributed by atoms with Crippen LogP contribution in [-0.2, 0) is 47.2 Å². The van der Waals surface area contributed by atoms with Gasteiger partial charge in [0.05, 0.1) is 36.6 Å². The van der Waals surface area contributed by atoms with E-state index in [4.69, 9.17) is 37.3 Å². The quantitative estimate of drug-likeness (QED) is 0.0103. The number of rotatable bonds is 23. The lowest BCUT2D eigenvalue weighted by Crippen LogP contribution is -2.57. The van der Waals surface area contributed by atoms with Crippen molar-refractivity contribution in [3.8, 4) is 22.6 Å². The molecule has 2 atom stereocenters. The summed E-state index contributed by atoms with van der Waals surface area (Å²) in [6, 6.07) is 18.7. The number of aromatic nitrogens is 1. The van der Waals surface area contributed by atoms with Crippen LogP contribution < -0.4 is 56.7 Å². The zero-order chi connectivity index (χ0) is 77.1. The van der Waals surface area contributed by atoms with Gasteiger partial charge in [0, 0.05) is 98.9 Å². The molecule has 27 nitrogen and oxygen atoms in total. The molecule has 0 radical (unpaired) electrons. The van der Waals surface area contributed by atoms with Crippen molar-refractivity contribution in [2.75, 3.05) is 56.1 Å². The minimum atomic E-state index is -4.31. The van der Waals surface area contributed by atoms with Crippen LogP contribution in [0.5, 0.6) is 11.5 Å². The SMILES string of the molecule is Cc1c(C)c(S(=O)(=O)NC(N)=NCCC[C@H](NC(=O)OCC2c3ccccc3-c3ccccc32)C(=O)N[C@@H](CCCN=C(N)NS(=O)(=O)c2c(C)c(C)c3c(c2C)CC(C)(C)O3)C(=O)N2CCN(c3cc4c(cc3F)c(=O)c(C(=O)Nc3ccc([N+](=O)[O-])cc3Cl)cn4C3CC3)CC2)c(C)c2c1OC(C)(C)C2. The van der Waals surface area contributed by atoms with E-state index in [0.717, 1.165) is 51.6 Å². The van der Waals surface area contributed by atoms with Crippen molar-refractivity contribution < 1.29 is 59.5 Å². The predicted octanol–water partition coefficient (Wildman–Crippen LogP) is 9.75. The summed E-state index contributed by atoms with van der Waals surface area (Å²) in [5.41, 5.74) is 19.4. The maximum Gasteiger partial charge on any atom is 0.407 e. The molecular formula is C76H87ClFN13O14S2. The maximum absolute atomic E-state index is 16.7. The number of nitrogens with zero attached hydrogens (tertiary/aromatic N) is 6. The molecule has 2 fully saturated rings. The Balaban J connectivity index is 0.789. The molecule has 31 heteroatoms. The number of nitro benzene ring substituents is 1. The third kappa shape index (κ3) is 15.8. The number of sulfonamides is 2. The first-order valence-electron chi connectivity index (χ1n) is 35.4. The Hall–Kier alpha value is -10.3. The predicted molar refractivity (Wildman–Crippen MR) is 405 cm³/mol. The normalized spacial score (nSPS) is 16.5. The second-order valence-corrected chi connectivity index (χ2v) is 32.9. The van der Waals surface area contributed by atoms with E-state index in [1.807, 2.05) is 76.2 Å². The molecule has 9 N–H and O–H groups in total. The average molecular weight is 1530 g/mol.